The van der Waals surface area contributed by atoms with Crippen molar-refractivity contribution < 1.29 is 13.5 Å². The summed E-state index contributed by atoms with van der Waals surface area (Å²) in [7, 11) is -3.56. The van der Waals surface area contributed by atoms with Crippen LogP contribution >= 0.6 is 11.3 Å². The van der Waals surface area contributed by atoms with Gasteiger partial charge in [-0.2, -0.15) is 0 Å². The predicted octanol–water partition coefficient (Wildman–Crippen LogP) is 2.35. The van der Waals surface area contributed by atoms with Crippen LogP contribution in [0.1, 0.15) is 11.1 Å². The van der Waals surface area contributed by atoms with E-state index in [0.717, 1.165) is 16.9 Å². The van der Waals surface area contributed by atoms with Gasteiger partial charge in [0.15, 0.2) is 0 Å². The van der Waals surface area contributed by atoms with Crippen molar-refractivity contribution in [1.82, 2.24) is 0 Å². The number of hydrogen-bond acceptors (Lipinski definition) is 4. The van der Waals surface area contributed by atoms with Crippen LogP contribution in [0.2, 0.25) is 0 Å². The molecule has 0 fully saturated rings. The first-order valence-corrected chi connectivity index (χ1v) is 7.65. The van der Waals surface area contributed by atoms with E-state index in [4.69, 9.17) is 5.11 Å². The molecule has 0 atom stereocenters. The number of nitrogens with one attached hydrogen (secondary N) is 1. The van der Waals surface area contributed by atoms with Crippen LogP contribution in [-0.2, 0) is 16.6 Å². The van der Waals surface area contributed by atoms with Crippen LogP contribution in [0.25, 0.3) is 0 Å². The normalized spacial score (nSPS) is 11.4. The zero-order valence-electron chi connectivity index (χ0n) is 9.75. The third-order valence-corrected chi connectivity index (χ3v) is 5.25. The quantitative estimate of drug-likeness (QED) is 0.905. The number of anilines is 1. The number of aliphatic hydroxyl groups is 1. The van der Waals surface area contributed by atoms with Crippen LogP contribution in [-0.4, -0.2) is 13.5 Å². The van der Waals surface area contributed by atoms with Crippen LogP contribution in [0.4, 0.5) is 5.69 Å². The van der Waals surface area contributed by atoms with Gasteiger partial charge in [-0.05, 0) is 36.1 Å². The monoisotopic (exact) mass is 283 g/mol. The molecule has 0 bridgehead atoms. The zero-order chi connectivity index (χ0) is 13.2. The summed E-state index contributed by atoms with van der Waals surface area (Å²) in [6.45, 7) is 1.78. The number of hydrogen-bond donors (Lipinski definition) is 2. The van der Waals surface area contributed by atoms with Crippen molar-refractivity contribution in [3.05, 3.63) is 46.8 Å². The molecule has 0 saturated heterocycles. The first-order valence-electron chi connectivity index (χ1n) is 5.29. The molecule has 0 aliphatic rings. The lowest BCUT2D eigenvalue weighted by molar-refractivity contribution is 0.282. The molecule has 1 aromatic heterocycles. The number of rotatable bonds is 4. The maximum absolute atomic E-state index is 12.0. The molecule has 0 radical (unpaired) electrons. The van der Waals surface area contributed by atoms with Crippen molar-refractivity contribution in [2.24, 2.45) is 0 Å². The smallest absolute Gasteiger partial charge is 0.271 e. The lowest BCUT2D eigenvalue weighted by atomic mass is 10.2. The second-order valence-electron chi connectivity index (χ2n) is 3.90. The zero-order valence-corrected chi connectivity index (χ0v) is 11.4. The number of aliphatic hydroxyl groups excluding tert-OH is 1. The van der Waals surface area contributed by atoms with Gasteiger partial charge < -0.3 is 5.11 Å². The minimum Gasteiger partial charge on any atom is -0.392 e. The minimum atomic E-state index is -3.56. The largest absolute Gasteiger partial charge is 0.392 e. The van der Waals surface area contributed by atoms with Gasteiger partial charge in [-0.3, -0.25) is 4.72 Å². The van der Waals surface area contributed by atoms with E-state index in [9.17, 15) is 8.42 Å². The van der Waals surface area contributed by atoms with Crippen LogP contribution in [0, 0.1) is 6.92 Å². The second-order valence-corrected chi connectivity index (χ2v) is 6.72. The van der Waals surface area contributed by atoms with Gasteiger partial charge in [-0.25, -0.2) is 8.42 Å². The first kappa shape index (κ1) is 13.1. The van der Waals surface area contributed by atoms with E-state index in [1.165, 1.54) is 6.07 Å². The third kappa shape index (κ3) is 2.90. The summed E-state index contributed by atoms with van der Waals surface area (Å²) in [5, 5.41) is 10.6. The van der Waals surface area contributed by atoms with Crippen molar-refractivity contribution in [2.75, 3.05) is 4.72 Å². The Labute approximate surface area is 110 Å². The summed E-state index contributed by atoms with van der Waals surface area (Å²) in [5.41, 5.74) is 2.19. The SMILES string of the molecule is Cc1ccc(NS(=O)(=O)c2cc(CO)cs2)cc1. The predicted molar refractivity (Wildman–Crippen MR) is 72.2 cm³/mol. The molecule has 2 rings (SSSR count). The van der Waals surface area contributed by atoms with Crippen molar-refractivity contribution in [2.45, 2.75) is 17.7 Å². The summed E-state index contributed by atoms with van der Waals surface area (Å²) >= 11 is 1.09. The van der Waals surface area contributed by atoms with Gasteiger partial charge in [0.25, 0.3) is 10.0 Å². The number of benzene rings is 1. The van der Waals surface area contributed by atoms with Gasteiger partial charge in [0, 0.05) is 5.69 Å². The Kier molecular flexibility index (Phi) is 3.70. The fraction of sp³-hybridized carbons (Fsp3) is 0.167. The number of aryl methyl sites for hydroxylation is 1. The summed E-state index contributed by atoms with van der Waals surface area (Å²) in [4.78, 5) is 0. The van der Waals surface area contributed by atoms with Crippen LogP contribution < -0.4 is 4.72 Å². The molecule has 0 amide bonds. The first-order chi connectivity index (χ1) is 8.51. The van der Waals surface area contributed by atoms with Crippen molar-refractivity contribution in [3.63, 3.8) is 0 Å². The Morgan fingerprint density at radius 3 is 2.50 bits per heavy atom. The average molecular weight is 283 g/mol. The molecule has 0 unspecified atom stereocenters. The van der Waals surface area contributed by atoms with Gasteiger partial charge in [0.1, 0.15) is 4.21 Å². The fourth-order valence-electron chi connectivity index (χ4n) is 1.40. The lowest BCUT2D eigenvalue weighted by Gasteiger charge is -2.06. The molecular weight excluding hydrogens is 270 g/mol. The second kappa shape index (κ2) is 5.09. The van der Waals surface area contributed by atoms with Crippen molar-refractivity contribution >= 4 is 27.0 Å². The minimum absolute atomic E-state index is 0.156. The lowest BCUT2D eigenvalue weighted by Crippen LogP contribution is -2.11. The topological polar surface area (TPSA) is 66.4 Å². The molecule has 0 aliphatic heterocycles. The van der Waals surface area contributed by atoms with Gasteiger partial charge in [0.2, 0.25) is 0 Å². The number of thiophene rings is 1. The molecule has 2 N–H and O–H groups in total. The number of sulfonamides is 1. The Hall–Kier alpha value is -1.37. The Morgan fingerprint density at radius 2 is 1.94 bits per heavy atom. The van der Waals surface area contributed by atoms with E-state index in [1.54, 1.807) is 17.5 Å². The highest BCUT2D eigenvalue weighted by molar-refractivity contribution is 7.94. The van der Waals surface area contributed by atoms with E-state index < -0.39 is 10.0 Å². The average Bonchev–Trinajstić information content (AvgIpc) is 2.81. The van der Waals surface area contributed by atoms with E-state index in [-0.39, 0.29) is 10.8 Å². The van der Waals surface area contributed by atoms with Crippen molar-refractivity contribution in [1.29, 1.82) is 0 Å². The Bertz CT molecular complexity index is 630. The molecule has 0 aliphatic carbocycles. The van der Waals surface area contributed by atoms with Gasteiger partial charge in [0.05, 0.1) is 6.61 Å². The Balaban J connectivity index is 2.24. The van der Waals surface area contributed by atoms with E-state index in [2.05, 4.69) is 4.72 Å². The molecule has 1 aromatic carbocycles. The summed E-state index contributed by atoms with van der Waals surface area (Å²) in [6.07, 6.45) is 0. The van der Waals surface area contributed by atoms with Crippen molar-refractivity contribution in [3.8, 4) is 0 Å². The highest BCUT2D eigenvalue weighted by Gasteiger charge is 2.16. The summed E-state index contributed by atoms with van der Waals surface area (Å²) in [5.74, 6) is 0. The van der Waals surface area contributed by atoms with Gasteiger partial charge in [-0.1, -0.05) is 17.7 Å². The molecule has 0 spiro atoms. The van der Waals surface area contributed by atoms with E-state index in [1.807, 2.05) is 19.1 Å². The van der Waals surface area contributed by atoms with Crippen LogP contribution in [0.3, 0.4) is 0 Å². The molecule has 6 heteroatoms. The molecular formula is C12H13NO3S2. The van der Waals surface area contributed by atoms with E-state index in [0.29, 0.717) is 11.3 Å². The van der Waals surface area contributed by atoms with E-state index >= 15 is 0 Å². The molecule has 0 saturated carbocycles. The maximum atomic E-state index is 12.0. The highest BCUT2D eigenvalue weighted by atomic mass is 32.2. The highest BCUT2D eigenvalue weighted by Crippen LogP contribution is 2.23. The van der Waals surface area contributed by atoms with Crippen LogP contribution in [0.15, 0.2) is 39.9 Å². The Morgan fingerprint density at radius 1 is 1.28 bits per heavy atom. The van der Waals surface area contributed by atoms with Gasteiger partial charge >= 0.3 is 0 Å². The molecule has 96 valence electrons. The van der Waals surface area contributed by atoms with Gasteiger partial charge in [-0.15, -0.1) is 11.3 Å². The maximum Gasteiger partial charge on any atom is 0.271 e. The third-order valence-electron chi connectivity index (χ3n) is 2.38. The standard InChI is InChI=1S/C12H13NO3S2/c1-9-2-4-11(5-3-9)13-18(15,16)12-6-10(7-14)8-17-12/h2-6,8,13-14H,7H2,1H3. The summed E-state index contributed by atoms with van der Waals surface area (Å²) < 4.78 is 26.8. The molecule has 18 heavy (non-hydrogen) atoms. The summed E-state index contributed by atoms with van der Waals surface area (Å²) in [6, 6.07) is 8.58. The molecule has 4 nitrogen and oxygen atoms in total. The molecule has 2 aromatic rings. The van der Waals surface area contributed by atoms with Crippen LogP contribution in [0.5, 0.6) is 0 Å². The fourth-order valence-corrected chi connectivity index (χ4v) is 3.66. The molecule has 1 heterocycles.